The molecule has 2 heterocycles. The fraction of sp³-hybridized carbons (Fsp3) is 0.417. The Hall–Kier alpha value is -2.57. The number of fused-ring (bicyclic) bond motifs is 1. The molecule has 0 radical (unpaired) electrons. The maximum absolute atomic E-state index is 13.1. The number of methoxy groups -OCH3 is 1. The number of para-hydroxylation sites is 1. The summed E-state index contributed by atoms with van der Waals surface area (Å²) in [5, 5.41) is 0.694. The Kier molecular flexibility index (Phi) is 6.21. The van der Waals surface area contributed by atoms with Crippen molar-refractivity contribution in [2.75, 3.05) is 33.3 Å². The van der Waals surface area contributed by atoms with Crippen molar-refractivity contribution in [1.82, 2.24) is 9.80 Å². The maximum atomic E-state index is 13.1. The van der Waals surface area contributed by atoms with Crippen LogP contribution in [0.25, 0.3) is 0 Å². The molecular weight excluding hydrogens is 414 g/mol. The zero-order chi connectivity index (χ0) is 22.1. The normalized spacial score (nSPS) is 21.7. The molecule has 0 saturated carbocycles. The Balaban J connectivity index is 1.47. The number of halogens is 1. The number of nitrogens with two attached hydrogens (primary N) is 1. The highest BCUT2D eigenvalue weighted by Gasteiger charge is 2.44. The molecule has 4 rings (SSSR count). The number of benzene rings is 2. The third-order valence-electron chi connectivity index (χ3n) is 6.56. The third-order valence-corrected chi connectivity index (χ3v) is 6.96. The van der Waals surface area contributed by atoms with Gasteiger partial charge in [0.15, 0.2) is 0 Å². The molecule has 2 N–H and O–H groups in total. The van der Waals surface area contributed by atoms with Crippen molar-refractivity contribution in [3.05, 3.63) is 64.2 Å². The van der Waals surface area contributed by atoms with E-state index < -0.39 is 0 Å². The molecule has 2 aliphatic heterocycles. The number of ether oxygens (including phenoxy) is 1. The average molecular weight is 442 g/mol. The van der Waals surface area contributed by atoms with Crippen molar-refractivity contribution in [3.8, 4) is 5.75 Å². The van der Waals surface area contributed by atoms with Crippen molar-refractivity contribution in [2.45, 2.75) is 19.4 Å². The van der Waals surface area contributed by atoms with E-state index in [-0.39, 0.29) is 24.3 Å². The maximum Gasteiger partial charge on any atom is 0.257 e. The Morgan fingerprint density at radius 1 is 1.13 bits per heavy atom. The molecule has 0 bridgehead atoms. The van der Waals surface area contributed by atoms with Gasteiger partial charge in [0, 0.05) is 43.7 Å². The number of aryl methyl sites for hydroxylation is 1. The minimum atomic E-state index is -0.327. The SMILES string of the molecule is COc1ccccc1C(=O)N1CC2CN(C(CC(N)=O)c3ccc(C)c(Cl)c3)CC2C1. The van der Waals surface area contributed by atoms with Crippen LogP contribution >= 0.6 is 11.6 Å². The van der Waals surface area contributed by atoms with Gasteiger partial charge in [-0.3, -0.25) is 14.5 Å². The van der Waals surface area contributed by atoms with Gasteiger partial charge in [-0.05, 0) is 48.1 Å². The first-order chi connectivity index (χ1) is 14.9. The van der Waals surface area contributed by atoms with Crippen molar-refractivity contribution in [3.63, 3.8) is 0 Å². The molecule has 2 aliphatic rings. The van der Waals surface area contributed by atoms with Gasteiger partial charge < -0.3 is 15.4 Å². The van der Waals surface area contributed by atoms with Crippen LogP contribution in [0, 0.1) is 18.8 Å². The van der Waals surface area contributed by atoms with Crippen LogP contribution in [0.15, 0.2) is 42.5 Å². The zero-order valence-corrected chi connectivity index (χ0v) is 18.6. The lowest BCUT2D eigenvalue weighted by molar-refractivity contribution is -0.119. The highest BCUT2D eigenvalue weighted by molar-refractivity contribution is 6.31. The first-order valence-corrected chi connectivity index (χ1v) is 11.0. The molecule has 6 nitrogen and oxygen atoms in total. The van der Waals surface area contributed by atoms with E-state index in [1.54, 1.807) is 7.11 Å². The van der Waals surface area contributed by atoms with E-state index in [9.17, 15) is 9.59 Å². The van der Waals surface area contributed by atoms with Crippen LogP contribution < -0.4 is 10.5 Å². The average Bonchev–Trinajstić information content (AvgIpc) is 3.32. The van der Waals surface area contributed by atoms with Crippen molar-refractivity contribution in [2.24, 2.45) is 17.6 Å². The van der Waals surface area contributed by atoms with Gasteiger partial charge in [-0.15, -0.1) is 0 Å². The highest BCUT2D eigenvalue weighted by atomic mass is 35.5. The van der Waals surface area contributed by atoms with E-state index in [0.717, 1.165) is 24.2 Å². The number of nitrogens with zero attached hydrogens (tertiary/aromatic N) is 2. The Labute approximate surface area is 187 Å². The van der Waals surface area contributed by atoms with Gasteiger partial charge in [0.25, 0.3) is 5.91 Å². The predicted molar refractivity (Wildman–Crippen MR) is 120 cm³/mol. The molecule has 164 valence electrons. The molecule has 0 aromatic heterocycles. The van der Waals surface area contributed by atoms with Gasteiger partial charge in [0.1, 0.15) is 5.75 Å². The summed E-state index contributed by atoms with van der Waals surface area (Å²) >= 11 is 6.34. The van der Waals surface area contributed by atoms with Crippen molar-refractivity contribution < 1.29 is 14.3 Å². The molecule has 2 aromatic carbocycles. The molecule has 3 atom stereocenters. The molecule has 2 aromatic rings. The summed E-state index contributed by atoms with van der Waals surface area (Å²) in [6.45, 7) is 5.02. The molecule has 0 aliphatic carbocycles. The number of primary amides is 1. The van der Waals surface area contributed by atoms with E-state index in [0.29, 0.717) is 41.3 Å². The molecular formula is C24H28ClN3O3. The summed E-state index contributed by atoms with van der Waals surface area (Å²) in [6.07, 6.45) is 0.253. The van der Waals surface area contributed by atoms with Crippen LogP contribution in [-0.2, 0) is 4.79 Å². The van der Waals surface area contributed by atoms with Crippen LogP contribution in [0.2, 0.25) is 5.02 Å². The van der Waals surface area contributed by atoms with E-state index in [4.69, 9.17) is 22.1 Å². The minimum Gasteiger partial charge on any atom is -0.496 e. The van der Waals surface area contributed by atoms with Crippen LogP contribution in [-0.4, -0.2) is 54.9 Å². The van der Waals surface area contributed by atoms with E-state index >= 15 is 0 Å². The fourth-order valence-corrected chi connectivity index (χ4v) is 5.10. The lowest BCUT2D eigenvalue weighted by Gasteiger charge is -2.29. The van der Waals surface area contributed by atoms with Gasteiger partial charge in [-0.2, -0.15) is 0 Å². The van der Waals surface area contributed by atoms with Gasteiger partial charge in [-0.1, -0.05) is 35.9 Å². The summed E-state index contributed by atoms with van der Waals surface area (Å²) in [7, 11) is 1.58. The molecule has 3 unspecified atom stereocenters. The van der Waals surface area contributed by atoms with Gasteiger partial charge >= 0.3 is 0 Å². The summed E-state index contributed by atoms with van der Waals surface area (Å²) < 4.78 is 5.36. The second-order valence-electron chi connectivity index (χ2n) is 8.58. The number of carbonyl (C=O) groups excluding carboxylic acids is 2. The number of rotatable bonds is 6. The predicted octanol–water partition coefficient (Wildman–Crippen LogP) is 3.28. The smallest absolute Gasteiger partial charge is 0.257 e. The van der Waals surface area contributed by atoms with Gasteiger partial charge in [0.05, 0.1) is 12.7 Å². The Morgan fingerprint density at radius 2 is 1.81 bits per heavy atom. The zero-order valence-electron chi connectivity index (χ0n) is 17.9. The number of amides is 2. The van der Waals surface area contributed by atoms with Crippen molar-refractivity contribution in [1.29, 1.82) is 0 Å². The third kappa shape index (κ3) is 4.41. The minimum absolute atomic E-state index is 0.0115. The summed E-state index contributed by atoms with van der Waals surface area (Å²) in [4.78, 5) is 29.1. The van der Waals surface area contributed by atoms with Crippen LogP contribution in [0.1, 0.15) is 33.9 Å². The topological polar surface area (TPSA) is 75.9 Å². The largest absolute Gasteiger partial charge is 0.496 e. The summed E-state index contributed by atoms with van der Waals surface area (Å²) in [6, 6.07) is 13.2. The van der Waals surface area contributed by atoms with E-state index in [1.807, 2.05) is 54.3 Å². The monoisotopic (exact) mass is 441 g/mol. The van der Waals surface area contributed by atoms with Crippen LogP contribution in [0.3, 0.4) is 0 Å². The quantitative estimate of drug-likeness (QED) is 0.746. The summed E-state index contributed by atoms with van der Waals surface area (Å²) in [5.74, 6) is 1.03. The molecule has 2 saturated heterocycles. The Morgan fingerprint density at radius 3 is 2.42 bits per heavy atom. The second kappa shape index (κ2) is 8.89. The van der Waals surface area contributed by atoms with E-state index in [1.165, 1.54) is 0 Å². The number of carbonyl (C=O) groups is 2. The molecule has 31 heavy (non-hydrogen) atoms. The molecule has 2 fully saturated rings. The molecule has 0 spiro atoms. The van der Waals surface area contributed by atoms with E-state index in [2.05, 4.69) is 4.90 Å². The molecule has 7 heteroatoms. The van der Waals surface area contributed by atoms with Gasteiger partial charge in [0.2, 0.25) is 5.91 Å². The highest BCUT2D eigenvalue weighted by Crippen LogP contribution is 2.38. The van der Waals surface area contributed by atoms with Gasteiger partial charge in [-0.25, -0.2) is 0 Å². The second-order valence-corrected chi connectivity index (χ2v) is 8.99. The first kappa shape index (κ1) is 21.7. The molecule has 2 amide bonds. The lowest BCUT2D eigenvalue weighted by Crippen LogP contribution is -2.36. The number of hydrogen-bond donors (Lipinski definition) is 1. The first-order valence-electron chi connectivity index (χ1n) is 10.6. The van der Waals surface area contributed by atoms with Crippen LogP contribution in [0.4, 0.5) is 0 Å². The number of likely N-dealkylation sites (tertiary alicyclic amines) is 2. The van der Waals surface area contributed by atoms with Crippen molar-refractivity contribution >= 4 is 23.4 Å². The standard InChI is InChI=1S/C24H28ClN3O3/c1-15-7-8-16(9-20(15)25)21(10-23(26)29)27-11-17-13-28(14-18(17)12-27)24(30)19-5-3-4-6-22(19)31-2/h3-9,17-18,21H,10-14H2,1-2H3,(H2,26,29). The Bertz CT molecular complexity index is 982. The number of hydrogen-bond acceptors (Lipinski definition) is 4. The van der Waals surface area contributed by atoms with Crippen LogP contribution in [0.5, 0.6) is 5.75 Å². The fourth-order valence-electron chi connectivity index (χ4n) is 4.91. The summed E-state index contributed by atoms with van der Waals surface area (Å²) in [5.41, 5.74) is 8.19. The lowest BCUT2D eigenvalue weighted by atomic mass is 10.0.